The zero-order valence-corrected chi connectivity index (χ0v) is 11.9. The van der Waals surface area contributed by atoms with Gasteiger partial charge in [0.25, 0.3) is 5.91 Å². The number of hydrogen-bond acceptors (Lipinski definition) is 4. The number of pyridine rings is 1. The van der Waals surface area contributed by atoms with Crippen molar-refractivity contribution in [3.8, 4) is 0 Å². The lowest BCUT2D eigenvalue weighted by atomic mass is 9.90. The van der Waals surface area contributed by atoms with Crippen LogP contribution >= 0.6 is 23.2 Å². The van der Waals surface area contributed by atoms with Crippen molar-refractivity contribution in [1.29, 1.82) is 0 Å². The van der Waals surface area contributed by atoms with Crippen molar-refractivity contribution in [2.75, 3.05) is 13.2 Å². The van der Waals surface area contributed by atoms with Gasteiger partial charge in [-0.2, -0.15) is 0 Å². The molecule has 0 bridgehead atoms. The van der Waals surface area contributed by atoms with Crippen molar-refractivity contribution in [3.63, 3.8) is 0 Å². The molecule has 1 amide bonds. The van der Waals surface area contributed by atoms with Crippen molar-refractivity contribution < 1.29 is 19.4 Å². The van der Waals surface area contributed by atoms with Crippen molar-refractivity contribution in [1.82, 2.24) is 10.3 Å². The first-order chi connectivity index (χ1) is 9.44. The first-order valence-electron chi connectivity index (χ1n) is 5.89. The molecule has 2 heterocycles. The molecule has 0 aromatic carbocycles. The number of carbonyl (C=O) groups is 2. The van der Waals surface area contributed by atoms with E-state index in [1.165, 1.54) is 12.3 Å². The second kappa shape index (κ2) is 5.95. The van der Waals surface area contributed by atoms with E-state index in [2.05, 4.69) is 10.3 Å². The number of hydrogen-bond donors (Lipinski definition) is 2. The number of nitrogens with zero attached hydrogens (tertiary/aromatic N) is 1. The van der Waals surface area contributed by atoms with Gasteiger partial charge in [-0.25, -0.2) is 9.78 Å². The fourth-order valence-electron chi connectivity index (χ4n) is 1.95. The summed E-state index contributed by atoms with van der Waals surface area (Å²) in [5, 5.41) is 12.1. The van der Waals surface area contributed by atoms with Gasteiger partial charge in [-0.05, 0) is 6.07 Å². The number of halogens is 2. The predicted molar refractivity (Wildman–Crippen MR) is 72.1 cm³/mol. The van der Waals surface area contributed by atoms with Crippen LogP contribution in [0.15, 0.2) is 12.3 Å². The molecule has 1 aliphatic heterocycles. The summed E-state index contributed by atoms with van der Waals surface area (Å²) in [5.41, 5.74) is -1.16. The summed E-state index contributed by atoms with van der Waals surface area (Å²) in [6.07, 6.45) is 1.67. The van der Waals surface area contributed by atoms with E-state index in [-0.39, 0.29) is 41.8 Å². The molecule has 20 heavy (non-hydrogen) atoms. The average Bonchev–Trinajstić information content (AvgIpc) is 2.42. The summed E-state index contributed by atoms with van der Waals surface area (Å²) in [7, 11) is 0. The molecule has 2 N–H and O–H groups in total. The van der Waals surface area contributed by atoms with Gasteiger partial charge >= 0.3 is 5.97 Å². The van der Waals surface area contributed by atoms with E-state index in [4.69, 9.17) is 27.9 Å². The van der Waals surface area contributed by atoms with Crippen LogP contribution in [0, 0.1) is 0 Å². The molecule has 1 fully saturated rings. The Morgan fingerprint density at radius 3 is 2.55 bits per heavy atom. The third-order valence-electron chi connectivity index (χ3n) is 3.17. The lowest BCUT2D eigenvalue weighted by Gasteiger charge is -2.33. The molecule has 0 saturated carbocycles. The number of ether oxygens (including phenoxy) is 1. The summed E-state index contributed by atoms with van der Waals surface area (Å²) in [6.45, 7) is 0.568. The molecule has 0 spiro atoms. The Morgan fingerprint density at radius 1 is 1.35 bits per heavy atom. The van der Waals surface area contributed by atoms with Gasteiger partial charge in [0.2, 0.25) is 0 Å². The van der Waals surface area contributed by atoms with Crippen LogP contribution in [0.25, 0.3) is 0 Å². The quantitative estimate of drug-likeness (QED) is 0.829. The van der Waals surface area contributed by atoms with Gasteiger partial charge in [0.15, 0.2) is 0 Å². The Kier molecular flexibility index (Phi) is 4.47. The second-order valence-corrected chi connectivity index (χ2v) is 5.22. The normalized spacial score (nSPS) is 17.5. The molecule has 2 rings (SSSR count). The Balaban J connectivity index is 2.20. The van der Waals surface area contributed by atoms with Crippen LogP contribution in [0.5, 0.6) is 0 Å². The smallest absolute Gasteiger partial charge is 0.329 e. The summed E-state index contributed by atoms with van der Waals surface area (Å²) in [5.74, 6) is -1.64. The van der Waals surface area contributed by atoms with Crippen LogP contribution in [0.2, 0.25) is 10.2 Å². The monoisotopic (exact) mass is 318 g/mol. The molecular formula is C12H12Cl2N2O4. The maximum Gasteiger partial charge on any atom is 0.329 e. The summed E-state index contributed by atoms with van der Waals surface area (Å²) in [6, 6.07) is 1.35. The number of amides is 1. The zero-order valence-electron chi connectivity index (χ0n) is 10.4. The standard InChI is InChI=1S/C12H12Cl2N2O4/c13-8-5-7(6-15-9(8)14)10(17)16-12(11(18)19)1-3-20-4-2-12/h5-6H,1-4H2,(H,16,17)(H,18,19). The van der Waals surface area contributed by atoms with Crippen LogP contribution in [-0.2, 0) is 9.53 Å². The summed E-state index contributed by atoms with van der Waals surface area (Å²) >= 11 is 11.5. The molecular weight excluding hydrogens is 307 g/mol. The van der Waals surface area contributed by atoms with E-state index < -0.39 is 17.4 Å². The third kappa shape index (κ3) is 3.03. The van der Waals surface area contributed by atoms with E-state index in [0.717, 1.165) is 0 Å². The third-order valence-corrected chi connectivity index (χ3v) is 3.85. The number of carboxylic acids is 1. The van der Waals surface area contributed by atoms with E-state index >= 15 is 0 Å². The van der Waals surface area contributed by atoms with Gasteiger partial charge in [0.05, 0.1) is 10.6 Å². The molecule has 0 aliphatic carbocycles. The predicted octanol–water partition coefficient (Wildman–Crippen LogP) is 1.75. The van der Waals surface area contributed by atoms with Crippen molar-refractivity contribution in [3.05, 3.63) is 28.0 Å². The van der Waals surface area contributed by atoms with Crippen LogP contribution < -0.4 is 5.32 Å². The van der Waals surface area contributed by atoms with Crippen molar-refractivity contribution in [2.45, 2.75) is 18.4 Å². The van der Waals surface area contributed by atoms with Crippen molar-refractivity contribution in [2.24, 2.45) is 0 Å². The van der Waals surface area contributed by atoms with Gasteiger partial charge in [-0.15, -0.1) is 0 Å². The SMILES string of the molecule is O=C(NC1(C(=O)O)CCOCC1)c1cnc(Cl)c(Cl)c1. The van der Waals surface area contributed by atoms with E-state index in [9.17, 15) is 14.7 Å². The Bertz CT molecular complexity index is 544. The maximum absolute atomic E-state index is 12.1. The minimum Gasteiger partial charge on any atom is -0.480 e. The molecule has 1 aromatic rings. The van der Waals surface area contributed by atoms with Crippen LogP contribution in [0.3, 0.4) is 0 Å². The molecule has 6 nitrogen and oxygen atoms in total. The number of aliphatic carboxylic acids is 1. The van der Waals surface area contributed by atoms with Gasteiger partial charge < -0.3 is 15.2 Å². The minimum absolute atomic E-state index is 0.0854. The number of aromatic nitrogens is 1. The molecule has 1 aliphatic rings. The molecule has 0 unspecified atom stereocenters. The molecule has 8 heteroatoms. The first-order valence-corrected chi connectivity index (χ1v) is 6.65. The highest BCUT2D eigenvalue weighted by atomic mass is 35.5. The van der Waals surface area contributed by atoms with Gasteiger partial charge in [0, 0.05) is 32.3 Å². The van der Waals surface area contributed by atoms with Gasteiger partial charge in [-0.1, -0.05) is 23.2 Å². The Morgan fingerprint density at radius 2 is 2.00 bits per heavy atom. The molecule has 1 saturated heterocycles. The average molecular weight is 319 g/mol. The highest BCUT2D eigenvalue weighted by Crippen LogP contribution is 2.23. The lowest BCUT2D eigenvalue weighted by molar-refractivity contribution is -0.148. The first kappa shape index (κ1) is 15.0. The zero-order chi connectivity index (χ0) is 14.8. The molecule has 1 aromatic heterocycles. The second-order valence-electron chi connectivity index (χ2n) is 4.45. The fraction of sp³-hybridized carbons (Fsp3) is 0.417. The van der Waals surface area contributed by atoms with Crippen molar-refractivity contribution >= 4 is 35.1 Å². The Labute approximate surface area is 125 Å². The Hall–Kier alpha value is -1.37. The summed E-state index contributed by atoms with van der Waals surface area (Å²) in [4.78, 5) is 27.3. The minimum atomic E-state index is -1.32. The largest absolute Gasteiger partial charge is 0.480 e. The molecule has 108 valence electrons. The number of nitrogens with one attached hydrogen (secondary N) is 1. The van der Waals surface area contributed by atoms with Crippen LogP contribution in [0.1, 0.15) is 23.2 Å². The number of carbonyl (C=O) groups excluding carboxylic acids is 1. The fourth-order valence-corrected chi connectivity index (χ4v) is 2.22. The van der Waals surface area contributed by atoms with Gasteiger partial charge in [0.1, 0.15) is 10.7 Å². The van der Waals surface area contributed by atoms with Crippen LogP contribution in [-0.4, -0.2) is 40.7 Å². The maximum atomic E-state index is 12.1. The van der Waals surface area contributed by atoms with E-state index in [1.54, 1.807) is 0 Å². The molecule has 0 atom stereocenters. The highest BCUT2D eigenvalue weighted by Gasteiger charge is 2.41. The molecule has 0 radical (unpaired) electrons. The van der Waals surface area contributed by atoms with Crippen LogP contribution in [0.4, 0.5) is 0 Å². The van der Waals surface area contributed by atoms with Gasteiger partial charge in [-0.3, -0.25) is 4.79 Å². The van der Waals surface area contributed by atoms with E-state index in [1.807, 2.05) is 0 Å². The number of carboxylic acid groups (broad SMARTS) is 1. The summed E-state index contributed by atoms with van der Waals surface area (Å²) < 4.78 is 5.13. The van der Waals surface area contributed by atoms with E-state index in [0.29, 0.717) is 0 Å². The number of rotatable bonds is 3. The topological polar surface area (TPSA) is 88.5 Å². The highest BCUT2D eigenvalue weighted by molar-refractivity contribution is 6.41. The lowest BCUT2D eigenvalue weighted by Crippen LogP contribution is -2.57.